The largest absolute Gasteiger partial charge is 0.0826 e. The van der Waals surface area contributed by atoms with E-state index in [9.17, 15) is 0 Å². The molecule has 0 N–H and O–H groups in total. The van der Waals surface area contributed by atoms with E-state index in [2.05, 4.69) is 29.5 Å². The van der Waals surface area contributed by atoms with Crippen LogP contribution in [0.1, 0.15) is 39.0 Å². The lowest BCUT2D eigenvalue weighted by Gasteiger charge is -2.55. The lowest BCUT2D eigenvalue weighted by Crippen LogP contribution is -2.45. The lowest BCUT2D eigenvalue weighted by molar-refractivity contribution is -0.0214. The van der Waals surface area contributed by atoms with Crippen LogP contribution in [0.4, 0.5) is 0 Å². The minimum atomic E-state index is 0.893. The van der Waals surface area contributed by atoms with Crippen LogP contribution in [0.3, 0.4) is 0 Å². The molecule has 0 nitrogen and oxygen atoms in total. The average Bonchev–Trinajstić information content (AvgIpc) is 1.54. The van der Waals surface area contributed by atoms with Gasteiger partial charge in [0.05, 0.1) is 0 Å². The van der Waals surface area contributed by atoms with E-state index >= 15 is 0 Å². The minimum Gasteiger partial charge on any atom is -0.0826 e. The van der Waals surface area contributed by atoms with Crippen molar-refractivity contribution in [1.82, 2.24) is 0 Å². The molecular weight excluding hydrogens is 235 g/mol. The third-order valence-corrected chi connectivity index (χ3v) is 4.47. The normalized spacial score (nSPS) is 33.0. The van der Waals surface area contributed by atoms with Crippen LogP contribution in [0.5, 0.6) is 0 Å². The molecule has 2 aliphatic rings. The third-order valence-electron chi connectivity index (χ3n) is 3.45. The van der Waals surface area contributed by atoms with Crippen molar-refractivity contribution < 1.29 is 0 Å². The quantitative estimate of drug-likeness (QED) is 0.494. The van der Waals surface area contributed by atoms with E-state index in [1.54, 1.807) is 25.7 Å². The fourth-order valence-electron chi connectivity index (χ4n) is 2.46. The summed E-state index contributed by atoms with van der Waals surface area (Å²) >= 11 is 2.58. The highest BCUT2D eigenvalue weighted by molar-refractivity contribution is 14.1. The first-order valence-corrected chi connectivity index (χ1v) is 5.61. The van der Waals surface area contributed by atoms with Crippen LogP contribution in [0.2, 0.25) is 0 Å². The predicted octanol–water partition coefficient (Wildman–Crippen LogP) is 3.39. The summed E-state index contributed by atoms with van der Waals surface area (Å²) in [4.78, 5) is 0. The minimum absolute atomic E-state index is 0.893. The molecule has 1 heteroatoms. The molecule has 0 saturated heterocycles. The summed E-state index contributed by atoms with van der Waals surface area (Å²) in [5, 5.41) is 0. The Bertz CT molecular complexity index is 128. The van der Waals surface area contributed by atoms with Crippen molar-refractivity contribution in [2.24, 2.45) is 11.3 Å². The van der Waals surface area contributed by atoms with Gasteiger partial charge >= 0.3 is 0 Å². The maximum absolute atomic E-state index is 2.58. The van der Waals surface area contributed by atoms with Gasteiger partial charge in [0.2, 0.25) is 0 Å². The molecule has 0 aliphatic heterocycles. The van der Waals surface area contributed by atoms with Crippen molar-refractivity contribution in [2.75, 3.05) is 0 Å². The molecule has 10 heavy (non-hydrogen) atoms. The first-order valence-electron chi connectivity index (χ1n) is 4.36. The number of halogens is 1. The molecule has 2 aliphatic carbocycles. The zero-order chi connectivity index (χ0) is 7.19. The van der Waals surface area contributed by atoms with Crippen molar-refractivity contribution in [1.29, 1.82) is 0 Å². The fraction of sp³-hybridized carbons (Fsp3) is 1.00. The topological polar surface area (TPSA) is 0 Å². The van der Waals surface area contributed by atoms with E-state index in [1.807, 2.05) is 0 Å². The second kappa shape index (κ2) is 2.36. The highest BCUT2D eigenvalue weighted by atomic mass is 127. The molecule has 0 amide bonds. The Balaban J connectivity index is 1.82. The smallest absolute Gasteiger partial charge is 0.0110 e. The molecule has 0 heterocycles. The van der Waals surface area contributed by atoms with Crippen LogP contribution in [0.15, 0.2) is 0 Å². The van der Waals surface area contributed by atoms with Gasteiger partial charge in [0, 0.05) is 3.92 Å². The van der Waals surface area contributed by atoms with Gasteiger partial charge in [-0.3, -0.25) is 0 Å². The van der Waals surface area contributed by atoms with Crippen molar-refractivity contribution in [3.05, 3.63) is 0 Å². The number of hydrogen-bond donors (Lipinski definition) is 0. The molecular formula is C9H15I. The van der Waals surface area contributed by atoms with Crippen molar-refractivity contribution in [3.63, 3.8) is 0 Å². The number of rotatable bonds is 1. The molecule has 1 unspecified atom stereocenters. The first kappa shape index (κ1) is 7.38. The zero-order valence-electron chi connectivity index (χ0n) is 6.57. The molecule has 0 aromatic rings. The molecule has 1 atom stereocenters. The Hall–Kier alpha value is 0.730. The standard InChI is InChI=1S/C9H15I/c1-7(10)8-5-9(6-8)3-2-4-9/h7-8H,2-6H2,1H3. The van der Waals surface area contributed by atoms with E-state index in [0.29, 0.717) is 0 Å². The van der Waals surface area contributed by atoms with Gasteiger partial charge in [-0.25, -0.2) is 0 Å². The Morgan fingerprint density at radius 3 is 2.30 bits per heavy atom. The summed E-state index contributed by atoms with van der Waals surface area (Å²) in [6.07, 6.45) is 7.72. The van der Waals surface area contributed by atoms with Gasteiger partial charge in [-0.05, 0) is 37.0 Å². The first-order chi connectivity index (χ1) is 4.72. The van der Waals surface area contributed by atoms with E-state index in [0.717, 1.165) is 15.3 Å². The molecule has 2 saturated carbocycles. The van der Waals surface area contributed by atoms with Crippen LogP contribution in [0.25, 0.3) is 0 Å². The summed E-state index contributed by atoms with van der Waals surface area (Å²) < 4.78 is 0.920. The maximum Gasteiger partial charge on any atom is 0.0110 e. The summed E-state index contributed by atoms with van der Waals surface area (Å²) in [6.45, 7) is 2.36. The van der Waals surface area contributed by atoms with Crippen LogP contribution < -0.4 is 0 Å². The second-order valence-corrected chi connectivity index (χ2v) is 6.16. The molecule has 58 valence electrons. The Morgan fingerprint density at radius 2 is 2.00 bits per heavy atom. The van der Waals surface area contributed by atoms with Gasteiger partial charge in [0.15, 0.2) is 0 Å². The molecule has 0 aromatic heterocycles. The molecule has 0 bridgehead atoms. The Kier molecular flexibility index (Phi) is 1.74. The molecule has 1 spiro atoms. The van der Waals surface area contributed by atoms with Gasteiger partial charge < -0.3 is 0 Å². The molecule has 0 aromatic carbocycles. The number of hydrogen-bond acceptors (Lipinski definition) is 0. The monoisotopic (exact) mass is 250 g/mol. The fourth-order valence-corrected chi connectivity index (χ4v) is 2.97. The lowest BCUT2D eigenvalue weighted by atomic mass is 9.51. The summed E-state index contributed by atoms with van der Waals surface area (Å²) in [5.74, 6) is 1.07. The highest BCUT2D eigenvalue weighted by Gasteiger charge is 2.48. The van der Waals surface area contributed by atoms with Gasteiger partial charge in [-0.1, -0.05) is 35.9 Å². The van der Waals surface area contributed by atoms with Gasteiger partial charge in [-0.15, -0.1) is 0 Å². The van der Waals surface area contributed by atoms with E-state index in [1.165, 1.54) is 6.42 Å². The van der Waals surface area contributed by atoms with E-state index < -0.39 is 0 Å². The summed E-state index contributed by atoms with van der Waals surface area (Å²) in [6, 6.07) is 0. The number of alkyl halides is 1. The van der Waals surface area contributed by atoms with Crippen LogP contribution >= 0.6 is 22.6 Å². The average molecular weight is 250 g/mol. The predicted molar refractivity (Wildman–Crippen MR) is 52.5 cm³/mol. The molecule has 0 radical (unpaired) electrons. The third kappa shape index (κ3) is 1.01. The van der Waals surface area contributed by atoms with Crippen molar-refractivity contribution in [3.8, 4) is 0 Å². The van der Waals surface area contributed by atoms with Crippen molar-refractivity contribution in [2.45, 2.75) is 43.0 Å². The maximum atomic E-state index is 2.58. The Morgan fingerprint density at radius 1 is 1.40 bits per heavy atom. The molecule has 2 rings (SSSR count). The Labute approximate surface area is 76.9 Å². The van der Waals surface area contributed by atoms with Gasteiger partial charge in [0.1, 0.15) is 0 Å². The van der Waals surface area contributed by atoms with Gasteiger partial charge in [0.25, 0.3) is 0 Å². The highest BCUT2D eigenvalue weighted by Crippen LogP contribution is 2.60. The SMILES string of the molecule is CC(I)C1CC2(CCC2)C1. The zero-order valence-corrected chi connectivity index (χ0v) is 8.73. The van der Waals surface area contributed by atoms with Crippen LogP contribution in [-0.4, -0.2) is 3.92 Å². The van der Waals surface area contributed by atoms with E-state index in [4.69, 9.17) is 0 Å². The van der Waals surface area contributed by atoms with Crippen LogP contribution in [0, 0.1) is 11.3 Å². The summed E-state index contributed by atoms with van der Waals surface area (Å²) in [5.41, 5.74) is 0.893. The van der Waals surface area contributed by atoms with Crippen LogP contribution in [-0.2, 0) is 0 Å². The second-order valence-electron chi connectivity index (χ2n) is 4.20. The van der Waals surface area contributed by atoms with E-state index in [-0.39, 0.29) is 0 Å². The molecule has 2 fully saturated rings. The van der Waals surface area contributed by atoms with Crippen molar-refractivity contribution >= 4 is 22.6 Å². The van der Waals surface area contributed by atoms with Gasteiger partial charge in [-0.2, -0.15) is 0 Å². The summed E-state index contributed by atoms with van der Waals surface area (Å²) in [7, 11) is 0.